The van der Waals surface area contributed by atoms with Gasteiger partial charge in [0.05, 0.1) is 30.5 Å². The number of ether oxygens (including phenoxy) is 1. The molecule has 0 amide bonds. The molecular weight excluding hydrogens is 281 g/mol. The highest BCUT2D eigenvalue weighted by Gasteiger charge is 2.17. The molecule has 5 heteroatoms. The molecule has 0 atom stereocenters. The molecule has 3 aromatic rings. The lowest BCUT2D eigenvalue weighted by atomic mass is 10.1. The van der Waals surface area contributed by atoms with E-state index in [1.807, 2.05) is 31.2 Å². The maximum Gasteiger partial charge on any atom is 0.139 e. The number of pyridine rings is 1. The Morgan fingerprint density at radius 1 is 1.27 bits per heavy atom. The molecule has 1 aromatic carbocycles. The summed E-state index contributed by atoms with van der Waals surface area (Å²) in [5.41, 5.74) is 2.71. The number of aromatic nitrogens is 2. The van der Waals surface area contributed by atoms with Crippen molar-refractivity contribution in [2.45, 2.75) is 13.3 Å². The van der Waals surface area contributed by atoms with Gasteiger partial charge in [-0.15, -0.1) is 0 Å². The molecule has 0 fully saturated rings. The van der Waals surface area contributed by atoms with Crippen LogP contribution in [0.3, 0.4) is 0 Å². The van der Waals surface area contributed by atoms with Gasteiger partial charge in [0, 0.05) is 11.8 Å². The molecular formula is C17H14FN3O. The smallest absolute Gasteiger partial charge is 0.139 e. The number of hydrogen-bond donors (Lipinski definition) is 0. The molecule has 0 N–H and O–H groups in total. The van der Waals surface area contributed by atoms with Gasteiger partial charge >= 0.3 is 0 Å². The van der Waals surface area contributed by atoms with Gasteiger partial charge in [-0.3, -0.25) is 4.40 Å². The SMILES string of the molecule is CCOc1ccccc1-c1nc2ccc(F)cn2c1CC#N. The molecule has 2 heterocycles. The number of hydrogen-bond acceptors (Lipinski definition) is 3. The van der Waals surface area contributed by atoms with Crippen LogP contribution >= 0.6 is 0 Å². The molecule has 0 aliphatic carbocycles. The Kier molecular flexibility index (Phi) is 3.75. The first-order chi connectivity index (χ1) is 10.7. The molecule has 0 unspecified atom stereocenters. The van der Waals surface area contributed by atoms with E-state index in [4.69, 9.17) is 10.00 Å². The first-order valence-electron chi connectivity index (χ1n) is 7.00. The van der Waals surface area contributed by atoms with Crippen molar-refractivity contribution in [3.8, 4) is 23.1 Å². The van der Waals surface area contributed by atoms with Crippen LogP contribution < -0.4 is 4.74 Å². The Balaban J connectivity index is 2.27. The number of para-hydroxylation sites is 1. The summed E-state index contributed by atoms with van der Waals surface area (Å²) in [5, 5.41) is 9.09. The van der Waals surface area contributed by atoms with Gasteiger partial charge in [-0.05, 0) is 31.2 Å². The zero-order valence-electron chi connectivity index (χ0n) is 12.1. The molecule has 4 nitrogen and oxygen atoms in total. The van der Waals surface area contributed by atoms with Crippen LogP contribution in [0.4, 0.5) is 4.39 Å². The maximum absolute atomic E-state index is 13.5. The summed E-state index contributed by atoms with van der Waals surface area (Å²) in [6.45, 7) is 2.44. The molecule has 0 saturated heterocycles. The average molecular weight is 295 g/mol. The Morgan fingerprint density at radius 3 is 2.86 bits per heavy atom. The van der Waals surface area contributed by atoms with Gasteiger partial charge in [-0.2, -0.15) is 5.26 Å². The largest absolute Gasteiger partial charge is 0.493 e. The van der Waals surface area contributed by atoms with Crippen molar-refractivity contribution in [3.05, 3.63) is 54.1 Å². The van der Waals surface area contributed by atoms with E-state index in [-0.39, 0.29) is 12.2 Å². The number of benzene rings is 1. The molecule has 0 aliphatic heterocycles. The van der Waals surface area contributed by atoms with E-state index >= 15 is 0 Å². The summed E-state index contributed by atoms with van der Waals surface area (Å²) in [7, 11) is 0. The van der Waals surface area contributed by atoms with Crippen LogP contribution in [-0.2, 0) is 6.42 Å². The quantitative estimate of drug-likeness (QED) is 0.739. The van der Waals surface area contributed by atoms with Crippen molar-refractivity contribution >= 4 is 5.65 Å². The first kappa shape index (κ1) is 14.1. The summed E-state index contributed by atoms with van der Waals surface area (Å²) >= 11 is 0. The minimum Gasteiger partial charge on any atom is -0.493 e. The number of imidazole rings is 1. The Morgan fingerprint density at radius 2 is 2.09 bits per heavy atom. The highest BCUT2D eigenvalue weighted by molar-refractivity contribution is 5.72. The third-order valence-corrected chi connectivity index (χ3v) is 3.37. The van der Waals surface area contributed by atoms with E-state index in [1.165, 1.54) is 12.3 Å². The molecule has 0 saturated carbocycles. The standard InChI is InChI=1S/C17H14FN3O/c1-2-22-15-6-4-3-5-13(15)17-14(9-10-19)21-11-12(18)7-8-16(21)20-17/h3-8,11H,2,9H2,1H3. The number of nitrogens with zero attached hydrogens (tertiary/aromatic N) is 3. The van der Waals surface area contributed by atoms with E-state index in [0.29, 0.717) is 29.4 Å². The van der Waals surface area contributed by atoms with Crippen molar-refractivity contribution < 1.29 is 9.13 Å². The van der Waals surface area contributed by atoms with Crippen molar-refractivity contribution in [2.75, 3.05) is 6.61 Å². The van der Waals surface area contributed by atoms with Crippen LogP contribution in [0.2, 0.25) is 0 Å². The lowest BCUT2D eigenvalue weighted by Crippen LogP contribution is -1.97. The van der Waals surface area contributed by atoms with Crippen LogP contribution in [0, 0.1) is 17.1 Å². The van der Waals surface area contributed by atoms with E-state index in [2.05, 4.69) is 11.1 Å². The predicted molar refractivity (Wildman–Crippen MR) is 81.1 cm³/mol. The fourth-order valence-electron chi connectivity index (χ4n) is 2.47. The van der Waals surface area contributed by atoms with E-state index in [1.54, 1.807) is 10.5 Å². The zero-order valence-corrected chi connectivity index (χ0v) is 12.1. The monoisotopic (exact) mass is 295 g/mol. The van der Waals surface area contributed by atoms with Gasteiger partial charge in [0.15, 0.2) is 0 Å². The average Bonchev–Trinajstić information content (AvgIpc) is 2.87. The Bertz CT molecular complexity index is 864. The predicted octanol–water partition coefficient (Wildman–Crippen LogP) is 3.61. The molecule has 110 valence electrons. The van der Waals surface area contributed by atoms with Gasteiger partial charge in [0.1, 0.15) is 17.2 Å². The number of fused-ring (bicyclic) bond motifs is 1. The van der Waals surface area contributed by atoms with Crippen molar-refractivity contribution in [1.82, 2.24) is 9.38 Å². The van der Waals surface area contributed by atoms with Crippen molar-refractivity contribution in [1.29, 1.82) is 5.26 Å². The highest BCUT2D eigenvalue weighted by Crippen LogP contribution is 2.32. The number of rotatable bonds is 4. The van der Waals surface area contributed by atoms with Crippen LogP contribution in [0.15, 0.2) is 42.6 Å². The highest BCUT2D eigenvalue weighted by atomic mass is 19.1. The second-order valence-electron chi connectivity index (χ2n) is 4.75. The summed E-state index contributed by atoms with van der Waals surface area (Å²) in [5.74, 6) is 0.335. The minimum absolute atomic E-state index is 0.139. The van der Waals surface area contributed by atoms with Crippen LogP contribution in [0.25, 0.3) is 16.9 Å². The fourth-order valence-corrected chi connectivity index (χ4v) is 2.47. The molecule has 3 rings (SSSR count). The Labute approximate surface area is 127 Å². The topological polar surface area (TPSA) is 50.3 Å². The third-order valence-electron chi connectivity index (χ3n) is 3.37. The van der Waals surface area contributed by atoms with Crippen molar-refractivity contribution in [2.24, 2.45) is 0 Å². The molecule has 2 aromatic heterocycles. The summed E-state index contributed by atoms with van der Waals surface area (Å²) in [6, 6.07) is 12.6. The summed E-state index contributed by atoms with van der Waals surface area (Å²) in [4.78, 5) is 4.55. The second kappa shape index (κ2) is 5.86. The van der Waals surface area contributed by atoms with Gasteiger partial charge in [0.2, 0.25) is 0 Å². The fraction of sp³-hybridized carbons (Fsp3) is 0.176. The minimum atomic E-state index is -0.367. The summed E-state index contributed by atoms with van der Waals surface area (Å²) < 4.78 is 20.8. The zero-order chi connectivity index (χ0) is 15.5. The lowest BCUT2D eigenvalue weighted by Gasteiger charge is -2.09. The number of nitriles is 1. The Hall–Kier alpha value is -2.87. The second-order valence-corrected chi connectivity index (χ2v) is 4.75. The van der Waals surface area contributed by atoms with E-state index < -0.39 is 0 Å². The van der Waals surface area contributed by atoms with Gasteiger partial charge in [0.25, 0.3) is 0 Å². The van der Waals surface area contributed by atoms with E-state index in [9.17, 15) is 4.39 Å². The van der Waals surface area contributed by atoms with Gasteiger partial charge in [-0.25, -0.2) is 9.37 Å². The lowest BCUT2D eigenvalue weighted by molar-refractivity contribution is 0.341. The molecule has 22 heavy (non-hydrogen) atoms. The maximum atomic E-state index is 13.5. The normalized spacial score (nSPS) is 10.6. The molecule has 0 spiro atoms. The molecule has 0 radical (unpaired) electrons. The van der Waals surface area contributed by atoms with Gasteiger partial charge in [-0.1, -0.05) is 12.1 Å². The van der Waals surface area contributed by atoms with Gasteiger partial charge < -0.3 is 4.74 Å². The number of halogens is 1. The molecule has 0 aliphatic rings. The summed E-state index contributed by atoms with van der Waals surface area (Å²) in [6.07, 6.45) is 1.49. The van der Waals surface area contributed by atoms with Crippen LogP contribution in [0.5, 0.6) is 5.75 Å². The van der Waals surface area contributed by atoms with Crippen LogP contribution in [-0.4, -0.2) is 16.0 Å². The van der Waals surface area contributed by atoms with E-state index in [0.717, 1.165) is 5.56 Å². The first-order valence-corrected chi connectivity index (χ1v) is 7.00. The molecule has 0 bridgehead atoms. The third kappa shape index (κ3) is 2.40. The van der Waals surface area contributed by atoms with Crippen molar-refractivity contribution in [3.63, 3.8) is 0 Å². The van der Waals surface area contributed by atoms with Crippen LogP contribution in [0.1, 0.15) is 12.6 Å².